The second-order valence-corrected chi connectivity index (χ2v) is 11.9. The normalized spacial score (nSPS) is 45.5. The quantitative estimate of drug-likeness (QED) is 0.389. The van der Waals surface area contributed by atoms with Crippen LogP contribution in [0.4, 0.5) is 0 Å². The predicted molar refractivity (Wildman–Crippen MR) is 123 cm³/mol. The molecule has 162 valence electrons. The van der Waals surface area contributed by atoms with E-state index in [2.05, 4.69) is 59.4 Å². The molecule has 0 spiro atoms. The Hall–Kier alpha value is -0.820. The summed E-state index contributed by atoms with van der Waals surface area (Å²) in [6, 6.07) is 0. The fraction of sp³-hybridized carbons (Fsp3) is 0.786. The Kier molecular flexibility index (Phi) is 5.69. The van der Waals surface area contributed by atoms with E-state index >= 15 is 0 Å². The maximum absolute atomic E-state index is 10.2. The van der Waals surface area contributed by atoms with E-state index in [4.69, 9.17) is 0 Å². The molecule has 0 aromatic rings. The third kappa shape index (κ3) is 3.50. The highest BCUT2D eigenvalue weighted by molar-refractivity contribution is 5.28. The lowest BCUT2D eigenvalue weighted by Crippen LogP contribution is -2.49. The minimum Gasteiger partial charge on any atom is -0.393 e. The molecule has 3 fully saturated rings. The van der Waals surface area contributed by atoms with Crippen molar-refractivity contribution in [1.82, 2.24) is 0 Å². The van der Waals surface area contributed by atoms with Crippen LogP contribution in [0, 0.1) is 46.3 Å². The number of hydrogen-bond donors (Lipinski definition) is 1. The smallest absolute Gasteiger partial charge is 0.0543 e. The van der Waals surface area contributed by atoms with Crippen LogP contribution in [0.2, 0.25) is 0 Å². The van der Waals surface area contributed by atoms with Crippen LogP contribution >= 0.6 is 0 Å². The molecule has 4 aliphatic carbocycles. The fourth-order valence-corrected chi connectivity index (χ4v) is 8.00. The molecule has 0 aliphatic heterocycles. The van der Waals surface area contributed by atoms with Crippen molar-refractivity contribution < 1.29 is 5.11 Å². The Morgan fingerprint density at radius 2 is 1.76 bits per heavy atom. The Labute approximate surface area is 179 Å². The largest absolute Gasteiger partial charge is 0.393 e. The molecular weight excluding hydrogens is 352 g/mol. The Balaban J connectivity index is 1.55. The van der Waals surface area contributed by atoms with E-state index in [9.17, 15) is 5.11 Å². The molecule has 0 aromatic heterocycles. The summed E-state index contributed by atoms with van der Waals surface area (Å²) in [5.41, 5.74) is 3.99. The average molecular weight is 397 g/mol. The van der Waals surface area contributed by atoms with Gasteiger partial charge in [0.05, 0.1) is 6.10 Å². The monoisotopic (exact) mass is 396 g/mol. The molecule has 0 radical (unpaired) electrons. The van der Waals surface area contributed by atoms with Gasteiger partial charge < -0.3 is 5.11 Å². The van der Waals surface area contributed by atoms with Gasteiger partial charge in [0.2, 0.25) is 0 Å². The van der Waals surface area contributed by atoms with Crippen molar-refractivity contribution in [3.63, 3.8) is 0 Å². The van der Waals surface area contributed by atoms with Gasteiger partial charge in [-0.2, -0.15) is 0 Å². The first-order valence-corrected chi connectivity index (χ1v) is 12.4. The van der Waals surface area contributed by atoms with Gasteiger partial charge in [-0.1, -0.05) is 70.6 Å². The van der Waals surface area contributed by atoms with Crippen LogP contribution < -0.4 is 0 Å². The van der Waals surface area contributed by atoms with Crippen molar-refractivity contribution in [2.75, 3.05) is 0 Å². The zero-order chi connectivity index (χ0) is 21.0. The molecule has 1 heteroatoms. The number of aliphatic hydroxyl groups is 1. The molecule has 8 atom stereocenters. The fourth-order valence-electron chi connectivity index (χ4n) is 8.00. The highest BCUT2D eigenvalue weighted by Crippen LogP contribution is 2.66. The SMILES string of the molecule is C=C(/C=C/C(C)C1CCC2C3=CCC4C[C@@H](O)CC[C@]4(C)C3CC[C@@]21C)C(C)C. The van der Waals surface area contributed by atoms with E-state index in [1.807, 2.05) is 5.57 Å². The number of aliphatic hydroxyl groups excluding tert-OH is 1. The molecular formula is C28H44O. The van der Waals surface area contributed by atoms with Gasteiger partial charge in [0.15, 0.2) is 0 Å². The molecule has 0 aromatic carbocycles. The standard InChI is InChI=1S/C28H44O/c1-18(2)19(3)7-8-20(4)24-11-12-25-23-10-9-21-17-22(29)13-15-27(21,5)26(23)14-16-28(24,25)6/h7-8,10,18,20-22,24-26,29H,3,9,11-17H2,1-2,4-6H3/b8-7+/t20?,21?,22-,24?,25?,26?,27-,28+/m0/s1. The van der Waals surface area contributed by atoms with Crippen molar-refractivity contribution in [1.29, 1.82) is 0 Å². The molecule has 3 saturated carbocycles. The first-order chi connectivity index (χ1) is 13.7. The maximum Gasteiger partial charge on any atom is 0.0543 e. The van der Waals surface area contributed by atoms with Crippen LogP contribution in [0.5, 0.6) is 0 Å². The van der Waals surface area contributed by atoms with E-state index in [1.54, 1.807) is 0 Å². The van der Waals surface area contributed by atoms with Gasteiger partial charge in [-0.25, -0.2) is 0 Å². The molecule has 0 bridgehead atoms. The van der Waals surface area contributed by atoms with Crippen LogP contribution in [-0.4, -0.2) is 11.2 Å². The van der Waals surface area contributed by atoms with Crippen LogP contribution in [0.3, 0.4) is 0 Å². The second-order valence-electron chi connectivity index (χ2n) is 11.9. The van der Waals surface area contributed by atoms with Crippen molar-refractivity contribution in [2.24, 2.45) is 46.3 Å². The molecule has 1 nitrogen and oxygen atoms in total. The number of hydrogen-bond acceptors (Lipinski definition) is 1. The molecule has 1 N–H and O–H groups in total. The summed E-state index contributed by atoms with van der Waals surface area (Å²) in [4.78, 5) is 0. The van der Waals surface area contributed by atoms with Crippen molar-refractivity contribution >= 4 is 0 Å². The van der Waals surface area contributed by atoms with E-state index in [0.717, 1.165) is 30.6 Å². The number of allylic oxidation sites excluding steroid dienone is 5. The third-order valence-electron chi connectivity index (χ3n) is 10.1. The molecule has 4 rings (SSSR count). The molecule has 0 saturated heterocycles. The Morgan fingerprint density at radius 3 is 2.48 bits per heavy atom. The van der Waals surface area contributed by atoms with Crippen molar-refractivity contribution in [2.45, 2.75) is 92.1 Å². The minimum atomic E-state index is -0.0547. The van der Waals surface area contributed by atoms with Crippen LogP contribution in [-0.2, 0) is 0 Å². The van der Waals surface area contributed by atoms with Gasteiger partial charge in [0.1, 0.15) is 0 Å². The van der Waals surface area contributed by atoms with E-state index < -0.39 is 0 Å². The summed E-state index contributed by atoms with van der Waals surface area (Å²) < 4.78 is 0. The summed E-state index contributed by atoms with van der Waals surface area (Å²) in [5, 5.41) is 10.2. The third-order valence-corrected chi connectivity index (χ3v) is 10.1. The summed E-state index contributed by atoms with van der Waals surface area (Å²) >= 11 is 0. The van der Waals surface area contributed by atoms with E-state index in [-0.39, 0.29) is 6.10 Å². The topological polar surface area (TPSA) is 20.2 Å². The Bertz CT molecular complexity index is 699. The van der Waals surface area contributed by atoms with Gasteiger partial charge in [0.25, 0.3) is 0 Å². The van der Waals surface area contributed by atoms with Gasteiger partial charge in [-0.05, 0) is 97.7 Å². The summed E-state index contributed by atoms with van der Waals surface area (Å²) in [5.74, 6) is 4.23. The predicted octanol–water partition coefficient (Wildman–Crippen LogP) is 7.33. The van der Waals surface area contributed by atoms with Crippen LogP contribution in [0.15, 0.2) is 36.0 Å². The summed E-state index contributed by atoms with van der Waals surface area (Å²) in [7, 11) is 0. The molecule has 0 heterocycles. The van der Waals surface area contributed by atoms with E-state index in [1.165, 1.54) is 44.1 Å². The Morgan fingerprint density at radius 1 is 1.07 bits per heavy atom. The molecule has 4 aliphatic rings. The summed E-state index contributed by atoms with van der Waals surface area (Å²) in [6.07, 6.45) is 17.4. The van der Waals surface area contributed by atoms with E-state index in [0.29, 0.717) is 28.6 Å². The highest BCUT2D eigenvalue weighted by Gasteiger charge is 2.57. The van der Waals surface area contributed by atoms with Gasteiger partial charge in [-0.3, -0.25) is 0 Å². The lowest BCUT2D eigenvalue weighted by molar-refractivity contribution is -0.0414. The first-order valence-electron chi connectivity index (χ1n) is 12.4. The second kappa shape index (κ2) is 7.70. The molecule has 0 amide bonds. The molecule has 29 heavy (non-hydrogen) atoms. The highest BCUT2D eigenvalue weighted by atomic mass is 16.3. The van der Waals surface area contributed by atoms with Crippen molar-refractivity contribution in [3.8, 4) is 0 Å². The van der Waals surface area contributed by atoms with Gasteiger partial charge >= 0.3 is 0 Å². The zero-order valence-electron chi connectivity index (χ0n) is 19.6. The van der Waals surface area contributed by atoms with Crippen LogP contribution in [0.1, 0.15) is 86.0 Å². The van der Waals surface area contributed by atoms with Gasteiger partial charge in [0, 0.05) is 0 Å². The maximum atomic E-state index is 10.2. The van der Waals surface area contributed by atoms with Crippen molar-refractivity contribution in [3.05, 3.63) is 36.0 Å². The zero-order valence-corrected chi connectivity index (χ0v) is 19.6. The lowest BCUT2D eigenvalue weighted by atomic mass is 9.47. The molecule has 5 unspecified atom stereocenters. The number of rotatable bonds is 4. The lowest BCUT2D eigenvalue weighted by Gasteiger charge is -2.57. The average Bonchev–Trinajstić information content (AvgIpc) is 3.03. The van der Waals surface area contributed by atoms with Crippen LogP contribution in [0.25, 0.3) is 0 Å². The number of fused-ring (bicyclic) bond motifs is 5. The van der Waals surface area contributed by atoms with Gasteiger partial charge in [-0.15, -0.1) is 0 Å². The first kappa shape index (κ1) is 21.4. The minimum absolute atomic E-state index is 0.0547. The summed E-state index contributed by atoms with van der Waals surface area (Å²) in [6.45, 7) is 16.3.